The standard InChI is InChI=1S/C16H12FN5/c1-9-5-14(21-22-8-10(2)19-16(9)22)11-6-13(17)12-3-4-18-20-15(12)7-11/h3-8H,1-2H3. The third-order valence-electron chi connectivity index (χ3n) is 3.61. The van der Waals surface area contributed by atoms with E-state index in [4.69, 9.17) is 0 Å². The first-order chi connectivity index (χ1) is 10.6. The maximum absolute atomic E-state index is 14.2. The zero-order valence-corrected chi connectivity index (χ0v) is 12.1. The van der Waals surface area contributed by atoms with E-state index < -0.39 is 0 Å². The van der Waals surface area contributed by atoms with Crippen molar-refractivity contribution in [1.29, 1.82) is 0 Å². The van der Waals surface area contributed by atoms with Crippen molar-refractivity contribution in [2.75, 3.05) is 0 Å². The molecule has 0 fully saturated rings. The van der Waals surface area contributed by atoms with Gasteiger partial charge in [0.1, 0.15) is 5.82 Å². The number of hydrogen-bond donors (Lipinski definition) is 0. The molecule has 0 N–H and O–H groups in total. The number of rotatable bonds is 1. The van der Waals surface area contributed by atoms with Gasteiger partial charge in [0.05, 0.1) is 29.3 Å². The normalized spacial score (nSPS) is 11.4. The van der Waals surface area contributed by atoms with E-state index in [9.17, 15) is 4.39 Å². The summed E-state index contributed by atoms with van der Waals surface area (Å²) in [6.45, 7) is 3.88. The topological polar surface area (TPSA) is 56.0 Å². The van der Waals surface area contributed by atoms with Gasteiger partial charge in [-0.05, 0) is 43.7 Å². The molecule has 5 nitrogen and oxygen atoms in total. The second kappa shape index (κ2) is 4.56. The third-order valence-corrected chi connectivity index (χ3v) is 3.61. The van der Waals surface area contributed by atoms with Crippen LogP contribution >= 0.6 is 0 Å². The Bertz CT molecular complexity index is 1020. The lowest BCUT2D eigenvalue weighted by atomic mass is 10.1. The van der Waals surface area contributed by atoms with Crippen molar-refractivity contribution in [1.82, 2.24) is 24.8 Å². The van der Waals surface area contributed by atoms with Crippen molar-refractivity contribution in [3.63, 3.8) is 0 Å². The lowest BCUT2D eigenvalue weighted by Gasteiger charge is -2.06. The largest absolute Gasteiger partial charge is 0.232 e. The van der Waals surface area contributed by atoms with Gasteiger partial charge in [-0.15, -0.1) is 0 Å². The second-order valence-electron chi connectivity index (χ2n) is 5.29. The van der Waals surface area contributed by atoms with E-state index in [1.54, 1.807) is 16.6 Å². The molecule has 3 aromatic heterocycles. The third kappa shape index (κ3) is 1.92. The summed E-state index contributed by atoms with van der Waals surface area (Å²) < 4.78 is 16.0. The first-order valence-corrected chi connectivity index (χ1v) is 6.87. The fourth-order valence-electron chi connectivity index (χ4n) is 2.59. The fraction of sp³-hybridized carbons (Fsp3) is 0.125. The van der Waals surface area contributed by atoms with Gasteiger partial charge in [-0.2, -0.15) is 15.3 Å². The maximum Gasteiger partial charge on any atom is 0.156 e. The monoisotopic (exact) mass is 293 g/mol. The van der Waals surface area contributed by atoms with Crippen LogP contribution in [0.1, 0.15) is 11.3 Å². The highest BCUT2D eigenvalue weighted by Gasteiger charge is 2.11. The summed E-state index contributed by atoms with van der Waals surface area (Å²) in [4.78, 5) is 4.42. The summed E-state index contributed by atoms with van der Waals surface area (Å²) in [5, 5.41) is 12.8. The minimum absolute atomic E-state index is 0.330. The SMILES string of the molecule is Cc1cn2nc(-c3cc(F)c4ccnnc4c3)cc(C)c2n1. The quantitative estimate of drug-likeness (QED) is 0.541. The van der Waals surface area contributed by atoms with Crippen LogP contribution in [-0.4, -0.2) is 24.8 Å². The van der Waals surface area contributed by atoms with Gasteiger partial charge in [0, 0.05) is 10.9 Å². The van der Waals surface area contributed by atoms with Crippen LogP contribution in [0.2, 0.25) is 0 Å². The van der Waals surface area contributed by atoms with Crippen LogP contribution in [0.25, 0.3) is 27.8 Å². The molecular formula is C16H12FN5. The van der Waals surface area contributed by atoms with E-state index >= 15 is 0 Å². The molecule has 0 radical (unpaired) electrons. The molecular weight excluding hydrogens is 281 g/mol. The van der Waals surface area contributed by atoms with Gasteiger partial charge in [-0.3, -0.25) is 0 Å². The number of aromatic nitrogens is 5. The molecule has 0 amide bonds. The average Bonchev–Trinajstić information content (AvgIpc) is 2.88. The number of benzene rings is 1. The first kappa shape index (κ1) is 12.8. The van der Waals surface area contributed by atoms with Crippen molar-refractivity contribution < 1.29 is 4.39 Å². The molecule has 0 aliphatic rings. The average molecular weight is 293 g/mol. The van der Waals surface area contributed by atoms with E-state index in [1.165, 1.54) is 12.3 Å². The van der Waals surface area contributed by atoms with E-state index in [0.29, 0.717) is 22.2 Å². The molecule has 108 valence electrons. The molecule has 22 heavy (non-hydrogen) atoms. The lowest BCUT2D eigenvalue weighted by Crippen LogP contribution is -1.97. The number of imidazole rings is 1. The zero-order chi connectivity index (χ0) is 15.3. The van der Waals surface area contributed by atoms with Crippen molar-refractivity contribution in [2.24, 2.45) is 0 Å². The highest BCUT2D eigenvalue weighted by molar-refractivity contribution is 5.83. The van der Waals surface area contributed by atoms with Gasteiger partial charge >= 0.3 is 0 Å². The molecule has 0 saturated heterocycles. The molecule has 4 rings (SSSR count). The molecule has 0 bridgehead atoms. The summed E-state index contributed by atoms with van der Waals surface area (Å²) in [5.41, 5.74) is 4.54. The molecule has 0 atom stereocenters. The van der Waals surface area contributed by atoms with Crippen LogP contribution in [-0.2, 0) is 0 Å². The summed E-state index contributed by atoms with van der Waals surface area (Å²) >= 11 is 0. The number of fused-ring (bicyclic) bond motifs is 2. The van der Waals surface area contributed by atoms with Gasteiger partial charge < -0.3 is 0 Å². The first-order valence-electron chi connectivity index (χ1n) is 6.87. The highest BCUT2D eigenvalue weighted by atomic mass is 19.1. The van der Waals surface area contributed by atoms with Crippen LogP contribution in [0, 0.1) is 19.7 Å². The molecule has 4 aromatic rings. The van der Waals surface area contributed by atoms with Gasteiger partial charge in [-0.25, -0.2) is 13.9 Å². The Labute approximate surface area is 125 Å². The number of nitrogens with zero attached hydrogens (tertiary/aromatic N) is 5. The predicted molar refractivity (Wildman–Crippen MR) is 81.0 cm³/mol. The van der Waals surface area contributed by atoms with Gasteiger partial charge in [0.25, 0.3) is 0 Å². The number of halogens is 1. The van der Waals surface area contributed by atoms with Gasteiger partial charge in [0.2, 0.25) is 0 Å². The summed E-state index contributed by atoms with van der Waals surface area (Å²) in [6.07, 6.45) is 3.33. The maximum atomic E-state index is 14.2. The Morgan fingerprint density at radius 2 is 2.00 bits per heavy atom. The Morgan fingerprint density at radius 1 is 1.14 bits per heavy atom. The van der Waals surface area contributed by atoms with Crippen LogP contribution in [0.4, 0.5) is 4.39 Å². The van der Waals surface area contributed by atoms with Crippen molar-refractivity contribution >= 4 is 16.6 Å². The fourth-order valence-corrected chi connectivity index (χ4v) is 2.59. The smallest absolute Gasteiger partial charge is 0.156 e. The summed E-state index contributed by atoms with van der Waals surface area (Å²) in [5.74, 6) is -0.330. The number of aryl methyl sites for hydroxylation is 2. The van der Waals surface area contributed by atoms with Gasteiger partial charge in [0.15, 0.2) is 5.65 Å². The lowest BCUT2D eigenvalue weighted by molar-refractivity contribution is 0.639. The summed E-state index contributed by atoms with van der Waals surface area (Å²) in [6, 6.07) is 6.78. The summed E-state index contributed by atoms with van der Waals surface area (Å²) in [7, 11) is 0. The van der Waals surface area contributed by atoms with Gasteiger partial charge in [-0.1, -0.05) is 0 Å². The van der Waals surface area contributed by atoms with Crippen molar-refractivity contribution in [3.8, 4) is 11.3 Å². The van der Waals surface area contributed by atoms with Crippen molar-refractivity contribution in [3.05, 3.63) is 53.7 Å². The molecule has 0 aliphatic heterocycles. The Kier molecular flexibility index (Phi) is 2.66. The highest BCUT2D eigenvalue weighted by Crippen LogP contribution is 2.25. The van der Waals surface area contributed by atoms with Crippen LogP contribution in [0.3, 0.4) is 0 Å². The van der Waals surface area contributed by atoms with E-state index in [0.717, 1.165) is 16.9 Å². The minimum atomic E-state index is -0.330. The Morgan fingerprint density at radius 3 is 2.86 bits per heavy atom. The predicted octanol–water partition coefficient (Wildman–Crippen LogP) is 3.10. The molecule has 1 aromatic carbocycles. The second-order valence-corrected chi connectivity index (χ2v) is 5.29. The van der Waals surface area contributed by atoms with E-state index in [-0.39, 0.29) is 5.82 Å². The van der Waals surface area contributed by atoms with Crippen LogP contribution < -0.4 is 0 Å². The minimum Gasteiger partial charge on any atom is -0.232 e. The molecule has 0 spiro atoms. The molecule has 6 heteroatoms. The Hall–Kier alpha value is -2.89. The molecule has 0 aliphatic carbocycles. The number of hydrogen-bond acceptors (Lipinski definition) is 4. The Balaban J connectivity index is 1.98. The van der Waals surface area contributed by atoms with Crippen LogP contribution in [0.15, 0.2) is 36.7 Å². The van der Waals surface area contributed by atoms with Crippen molar-refractivity contribution in [2.45, 2.75) is 13.8 Å². The molecule has 3 heterocycles. The zero-order valence-electron chi connectivity index (χ0n) is 12.1. The molecule has 0 saturated carbocycles. The van der Waals surface area contributed by atoms with Crippen LogP contribution in [0.5, 0.6) is 0 Å². The molecule has 0 unspecified atom stereocenters. The van der Waals surface area contributed by atoms with E-state index in [1.807, 2.05) is 26.1 Å². The van der Waals surface area contributed by atoms with E-state index in [2.05, 4.69) is 20.3 Å².